The van der Waals surface area contributed by atoms with Gasteiger partial charge in [-0.2, -0.15) is 0 Å². The molecule has 0 radical (unpaired) electrons. The molecule has 4 rings (SSSR count). The van der Waals surface area contributed by atoms with Crippen LogP contribution in [0.3, 0.4) is 0 Å². The zero-order chi connectivity index (χ0) is 16.4. The van der Waals surface area contributed by atoms with Gasteiger partial charge in [-0.25, -0.2) is 14.6 Å². The van der Waals surface area contributed by atoms with Gasteiger partial charge in [-0.3, -0.25) is 0 Å². The minimum atomic E-state index is 0.653. The summed E-state index contributed by atoms with van der Waals surface area (Å²) in [6.07, 6.45) is 9.48. The zero-order valence-electron chi connectivity index (χ0n) is 13.3. The Hall–Kier alpha value is -3.22. The molecular formula is C17H17N7. The van der Waals surface area contributed by atoms with Crippen molar-refractivity contribution >= 4 is 0 Å². The molecule has 7 heteroatoms. The predicted molar refractivity (Wildman–Crippen MR) is 89.6 cm³/mol. The molecule has 0 spiro atoms. The van der Waals surface area contributed by atoms with Gasteiger partial charge in [0.25, 0.3) is 0 Å². The second kappa shape index (κ2) is 6.11. The van der Waals surface area contributed by atoms with E-state index in [2.05, 4.69) is 31.8 Å². The van der Waals surface area contributed by atoms with Gasteiger partial charge in [0.15, 0.2) is 5.82 Å². The summed E-state index contributed by atoms with van der Waals surface area (Å²) >= 11 is 0. The van der Waals surface area contributed by atoms with Crippen molar-refractivity contribution in [2.24, 2.45) is 0 Å². The Labute approximate surface area is 139 Å². The van der Waals surface area contributed by atoms with Crippen LogP contribution in [0.5, 0.6) is 0 Å². The number of hydrogen-bond acceptors (Lipinski definition) is 4. The first-order chi connectivity index (χ1) is 11.8. The van der Waals surface area contributed by atoms with E-state index >= 15 is 0 Å². The van der Waals surface area contributed by atoms with E-state index in [-0.39, 0.29) is 0 Å². The lowest BCUT2D eigenvalue weighted by Crippen LogP contribution is -2.01. The Morgan fingerprint density at radius 2 is 1.92 bits per heavy atom. The fraction of sp³-hybridized carbons (Fsp3) is 0.176. The van der Waals surface area contributed by atoms with E-state index in [0.29, 0.717) is 6.54 Å². The number of nitrogens with zero attached hydrogens (tertiary/aromatic N) is 7. The SMILES string of the molecule is CCn1cnc(Cn2ccnc2-c2cn(-c3ccccc3)nn2)c1. The highest BCUT2D eigenvalue weighted by atomic mass is 15.4. The Bertz CT molecular complexity index is 933. The van der Waals surface area contributed by atoms with E-state index in [1.54, 1.807) is 10.9 Å². The molecule has 7 nitrogen and oxygen atoms in total. The molecule has 4 aromatic rings. The molecule has 120 valence electrons. The van der Waals surface area contributed by atoms with E-state index in [1.165, 1.54) is 0 Å². The molecule has 0 bridgehead atoms. The number of aryl methyl sites for hydroxylation is 1. The van der Waals surface area contributed by atoms with Gasteiger partial charge in [0.1, 0.15) is 5.69 Å². The van der Waals surface area contributed by atoms with Gasteiger partial charge in [0.2, 0.25) is 0 Å². The third kappa shape index (κ3) is 2.71. The summed E-state index contributed by atoms with van der Waals surface area (Å²) in [7, 11) is 0. The second-order valence-corrected chi connectivity index (χ2v) is 5.46. The van der Waals surface area contributed by atoms with Crippen molar-refractivity contribution in [2.75, 3.05) is 0 Å². The van der Waals surface area contributed by atoms with Crippen molar-refractivity contribution in [3.63, 3.8) is 0 Å². The Morgan fingerprint density at radius 3 is 2.71 bits per heavy atom. The van der Waals surface area contributed by atoms with Crippen LogP contribution in [0, 0.1) is 0 Å². The first-order valence-electron chi connectivity index (χ1n) is 7.83. The van der Waals surface area contributed by atoms with Gasteiger partial charge in [0.05, 0.1) is 30.5 Å². The van der Waals surface area contributed by atoms with Crippen molar-refractivity contribution in [1.29, 1.82) is 0 Å². The van der Waals surface area contributed by atoms with E-state index in [4.69, 9.17) is 0 Å². The summed E-state index contributed by atoms with van der Waals surface area (Å²) in [4.78, 5) is 8.85. The maximum Gasteiger partial charge on any atom is 0.162 e. The van der Waals surface area contributed by atoms with Crippen LogP contribution >= 0.6 is 0 Å². The molecule has 0 atom stereocenters. The number of aromatic nitrogens is 7. The van der Waals surface area contributed by atoms with E-state index in [0.717, 1.165) is 29.4 Å². The molecule has 3 aromatic heterocycles. The smallest absolute Gasteiger partial charge is 0.162 e. The Kier molecular flexibility index (Phi) is 3.66. The summed E-state index contributed by atoms with van der Waals surface area (Å²) in [6, 6.07) is 9.90. The fourth-order valence-electron chi connectivity index (χ4n) is 2.58. The summed E-state index contributed by atoms with van der Waals surface area (Å²) in [5.74, 6) is 0.781. The first-order valence-corrected chi connectivity index (χ1v) is 7.83. The van der Waals surface area contributed by atoms with Crippen molar-refractivity contribution in [3.05, 3.63) is 67.1 Å². The monoisotopic (exact) mass is 319 g/mol. The number of rotatable bonds is 5. The normalized spacial score (nSPS) is 11.0. The van der Waals surface area contributed by atoms with E-state index < -0.39 is 0 Å². The molecule has 0 aliphatic rings. The van der Waals surface area contributed by atoms with Crippen LogP contribution in [0.15, 0.2) is 61.4 Å². The van der Waals surface area contributed by atoms with Crippen LogP contribution < -0.4 is 0 Å². The molecule has 0 amide bonds. The predicted octanol–water partition coefficient (Wildman–Crippen LogP) is 2.40. The minimum absolute atomic E-state index is 0.653. The molecule has 24 heavy (non-hydrogen) atoms. The largest absolute Gasteiger partial charge is 0.337 e. The zero-order valence-corrected chi connectivity index (χ0v) is 13.3. The van der Waals surface area contributed by atoms with Crippen LogP contribution in [-0.2, 0) is 13.1 Å². The molecule has 0 saturated heterocycles. The van der Waals surface area contributed by atoms with Gasteiger partial charge in [-0.15, -0.1) is 5.10 Å². The van der Waals surface area contributed by atoms with Gasteiger partial charge in [-0.1, -0.05) is 23.4 Å². The van der Waals surface area contributed by atoms with Crippen LogP contribution in [0.2, 0.25) is 0 Å². The van der Waals surface area contributed by atoms with Gasteiger partial charge >= 0.3 is 0 Å². The van der Waals surface area contributed by atoms with E-state index in [1.807, 2.05) is 59.8 Å². The van der Waals surface area contributed by atoms with Crippen LogP contribution in [0.1, 0.15) is 12.6 Å². The number of benzene rings is 1. The second-order valence-electron chi connectivity index (χ2n) is 5.46. The molecule has 0 aliphatic heterocycles. The molecule has 0 N–H and O–H groups in total. The first kappa shape index (κ1) is 14.4. The number of hydrogen-bond donors (Lipinski definition) is 0. The van der Waals surface area contributed by atoms with Crippen LogP contribution in [0.25, 0.3) is 17.2 Å². The fourth-order valence-corrected chi connectivity index (χ4v) is 2.58. The summed E-state index contributed by atoms with van der Waals surface area (Å²) < 4.78 is 5.83. The topological polar surface area (TPSA) is 66.3 Å². The van der Waals surface area contributed by atoms with Gasteiger partial charge in [-0.05, 0) is 19.1 Å². The van der Waals surface area contributed by atoms with Gasteiger partial charge < -0.3 is 9.13 Å². The standard InChI is InChI=1S/C17H17N7/c1-2-22-10-14(19-13-22)11-23-9-8-18-17(23)16-12-24(21-20-16)15-6-4-3-5-7-15/h3-10,12-13H,2,11H2,1H3. The number of imidazole rings is 2. The third-order valence-corrected chi connectivity index (χ3v) is 3.84. The highest BCUT2D eigenvalue weighted by Crippen LogP contribution is 2.17. The van der Waals surface area contributed by atoms with Crippen molar-refractivity contribution in [1.82, 2.24) is 34.1 Å². The Morgan fingerprint density at radius 1 is 1.04 bits per heavy atom. The highest BCUT2D eigenvalue weighted by molar-refractivity contribution is 5.49. The van der Waals surface area contributed by atoms with Gasteiger partial charge in [0, 0.05) is 25.1 Å². The molecule has 0 aliphatic carbocycles. The summed E-state index contributed by atoms with van der Waals surface area (Å²) in [5, 5.41) is 8.46. The Balaban J connectivity index is 1.62. The summed E-state index contributed by atoms with van der Waals surface area (Å²) in [5.41, 5.74) is 2.70. The molecule has 1 aromatic carbocycles. The van der Waals surface area contributed by atoms with Crippen molar-refractivity contribution in [2.45, 2.75) is 20.0 Å². The number of para-hydroxylation sites is 1. The molecule has 0 unspecified atom stereocenters. The average molecular weight is 319 g/mol. The summed E-state index contributed by atoms with van der Waals surface area (Å²) in [6.45, 7) is 3.66. The lowest BCUT2D eigenvalue weighted by Gasteiger charge is -2.03. The molecule has 0 fully saturated rings. The lowest BCUT2D eigenvalue weighted by molar-refractivity contribution is 0.753. The third-order valence-electron chi connectivity index (χ3n) is 3.84. The average Bonchev–Trinajstić information content (AvgIpc) is 3.36. The molecule has 0 saturated carbocycles. The molecule has 3 heterocycles. The van der Waals surface area contributed by atoms with Crippen molar-refractivity contribution in [3.8, 4) is 17.2 Å². The van der Waals surface area contributed by atoms with E-state index in [9.17, 15) is 0 Å². The van der Waals surface area contributed by atoms with Crippen molar-refractivity contribution < 1.29 is 0 Å². The maximum atomic E-state index is 4.43. The van der Waals surface area contributed by atoms with Crippen LogP contribution in [0.4, 0.5) is 0 Å². The molecular weight excluding hydrogens is 302 g/mol. The lowest BCUT2D eigenvalue weighted by atomic mass is 10.3. The minimum Gasteiger partial charge on any atom is -0.337 e. The van der Waals surface area contributed by atoms with Crippen LogP contribution in [-0.4, -0.2) is 34.1 Å². The quantitative estimate of drug-likeness (QED) is 0.566. The highest BCUT2D eigenvalue weighted by Gasteiger charge is 2.12. The maximum absolute atomic E-state index is 4.43.